The van der Waals surface area contributed by atoms with Crippen LogP contribution in [0.3, 0.4) is 0 Å². The van der Waals surface area contributed by atoms with Crippen LogP contribution in [0.15, 0.2) is 60.9 Å². The first-order valence-corrected chi connectivity index (χ1v) is 10.5. The van der Waals surface area contributed by atoms with E-state index >= 15 is 0 Å². The number of nitrogens with zero attached hydrogens (tertiary/aromatic N) is 3. The lowest BCUT2D eigenvalue weighted by Crippen LogP contribution is -2.46. The standard InChI is InChI=1S/C24H29N5O3/c1-24(2,3)32-23(31)26-16-19(14-17-8-6-5-7-9-17)28-22(30)20-11-10-18(15-25-20)21-12-13-27-29(21)4/h5-13,15,19H,14,16H2,1-4H3,(H,26,31)(H,28,30). The van der Waals surface area contributed by atoms with Gasteiger partial charge in [-0.25, -0.2) is 4.79 Å². The van der Waals surface area contributed by atoms with Crippen LogP contribution in [0.4, 0.5) is 4.79 Å². The van der Waals surface area contributed by atoms with Gasteiger partial charge in [0, 0.05) is 31.5 Å². The lowest BCUT2D eigenvalue weighted by Gasteiger charge is -2.23. The maximum atomic E-state index is 12.8. The fourth-order valence-electron chi connectivity index (χ4n) is 3.19. The van der Waals surface area contributed by atoms with Crippen molar-refractivity contribution < 1.29 is 14.3 Å². The van der Waals surface area contributed by atoms with Crippen molar-refractivity contribution in [1.29, 1.82) is 0 Å². The van der Waals surface area contributed by atoms with Gasteiger partial charge in [0.15, 0.2) is 0 Å². The van der Waals surface area contributed by atoms with Gasteiger partial charge in [-0.05, 0) is 51.0 Å². The Bertz CT molecular complexity index is 1040. The SMILES string of the molecule is Cn1nccc1-c1ccc(C(=O)NC(CNC(=O)OC(C)(C)C)Cc2ccccc2)nc1. The van der Waals surface area contributed by atoms with E-state index in [9.17, 15) is 9.59 Å². The normalized spacial score (nSPS) is 12.1. The van der Waals surface area contributed by atoms with E-state index in [1.54, 1.807) is 43.9 Å². The molecule has 0 saturated carbocycles. The van der Waals surface area contributed by atoms with Gasteiger partial charge in [-0.15, -0.1) is 0 Å². The Hall–Kier alpha value is -3.68. The van der Waals surface area contributed by atoms with Crippen LogP contribution in [-0.4, -0.2) is 45.0 Å². The molecule has 1 unspecified atom stereocenters. The summed E-state index contributed by atoms with van der Waals surface area (Å²) in [6, 6.07) is 14.8. The Morgan fingerprint density at radius 1 is 1.09 bits per heavy atom. The molecule has 2 N–H and O–H groups in total. The van der Waals surface area contributed by atoms with Gasteiger partial charge >= 0.3 is 6.09 Å². The van der Waals surface area contributed by atoms with E-state index in [4.69, 9.17) is 4.74 Å². The molecule has 3 aromatic rings. The van der Waals surface area contributed by atoms with E-state index < -0.39 is 11.7 Å². The molecule has 2 aromatic heterocycles. The second-order valence-electron chi connectivity index (χ2n) is 8.52. The summed E-state index contributed by atoms with van der Waals surface area (Å²) in [7, 11) is 1.85. The number of aryl methyl sites for hydroxylation is 1. The van der Waals surface area contributed by atoms with Gasteiger partial charge in [0.05, 0.1) is 11.7 Å². The molecule has 0 saturated heterocycles. The van der Waals surface area contributed by atoms with E-state index in [0.717, 1.165) is 16.8 Å². The molecule has 2 amide bonds. The van der Waals surface area contributed by atoms with Crippen LogP contribution in [0.2, 0.25) is 0 Å². The number of aromatic nitrogens is 3. The van der Waals surface area contributed by atoms with Crippen molar-refractivity contribution in [1.82, 2.24) is 25.4 Å². The Morgan fingerprint density at radius 2 is 1.84 bits per heavy atom. The summed E-state index contributed by atoms with van der Waals surface area (Å²) >= 11 is 0. The average Bonchev–Trinajstić information content (AvgIpc) is 3.17. The molecule has 0 aliphatic heterocycles. The van der Waals surface area contributed by atoms with Crippen LogP contribution in [0.5, 0.6) is 0 Å². The fourth-order valence-corrected chi connectivity index (χ4v) is 3.19. The number of rotatable bonds is 7. The lowest BCUT2D eigenvalue weighted by molar-refractivity contribution is 0.0519. The maximum Gasteiger partial charge on any atom is 0.407 e. The third-order valence-electron chi connectivity index (χ3n) is 4.66. The van der Waals surface area contributed by atoms with Crippen LogP contribution in [-0.2, 0) is 18.2 Å². The summed E-state index contributed by atoms with van der Waals surface area (Å²) in [5, 5.41) is 9.87. The maximum absolute atomic E-state index is 12.8. The summed E-state index contributed by atoms with van der Waals surface area (Å²) in [5.74, 6) is -0.312. The zero-order valence-electron chi connectivity index (χ0n) is 18.8. The number of pyridine rings is 1. The Labute approximate surface area is 188 Å². The van der Waals surface area contributed by atoms with Crippen molar-refractivity contribution in [2.75, 3.05) is 6.54 Å². The summed E-state index contributed by atoms with van der Waals surface area (Å²) < 4.78 is 7.05. The Kier molecular flexibility index (Phi) is 7.25. The molecule has 0 bridgehead atoms. The van der Waals surface area contributed by atoms with Crippen molar-refractivity contribution >= 4 is 12.0 Å². The molecule has 2 heterocycles. The first-order chi connectivity index (χ1) is 15.2. The largest absolute Gasteiger partial charge is 0.444 e. The topological polar surface area (TPSA) is 98.1 Å². The van der Waals surface area contributed by atoms with Crippen LogP contribution in [0, 0.1) is 0 Å². The number of amides is 2. The number of nitrogens with one attached hydrogen (secondary N) is 2. The number of carbonyl (C=O) groups excluding carboxylic acids is 2. The molecule has 8 nitrogen and oxygen atoms in total. The molecule has 1 aromatic carbocycles. The molecule has 0 radical (unpaired) electrons. The third kappa shape index (κ3) is 6.66. The summed E-state index contributed by atoms with van der Waals surface area (Å²) in [6.45, 7) is 5.63. The summed E-state index contributed by atoms with van der Waals surface area (Å²) in [6.07, 6.45) is 3.39. The van der Waals surface area contributed by atoms with E-state index in [-0.39, 0.29) is 18.5 Å². The number of ether oxygens (including phenoxy) is 1. The predicted octanol–water partition coefficient (Wildman–Crippen LogP) is 3.35. The predicted molar refractivity (Wildman–Crippen MR) is 122 cm³/mol. The highest BCUT2D eigenvalue weighted by Gasteiger charge is 2.20. The highest BCUT2D eigenvalue weighted by Crippen LogP contribution is 2.17. The van der Waals surface area contributed by atoms with Crippen molar-refractivity contribution in [2.24, 2.45) is 7.05 Å². The van der Waals surface area contributed by atoms with Crippen LogP contribution in [0.25, 0.3) is 11.3 Å². The molecule has 1 atom stereocenters. The average molecular weight is 436 g/mol. The van der Waals surface area contributed by atoms with Gasteiger partial charge < -0.3 is 15.4 Å². The van der Waals surface area contributed by atoms with Crippen molar-refractivity contribution in [2.45, 2.75) is 38.8 Å². The molecule has 168 valence electrons. The highest BCUT2D eigenvalue weighted by molar-refractivity contribution is 5.92. The fraction of sp³-hybridized carbons (Fsp3) is 0.333. The first kappa shape index (κ1) is 23.0. The van der Waals surface area contributed by atoms with Crippen molar-refractivity contribution in [3.63, 3.8) is 0 Å². The second-order valence-corrected chi connectivity index (χ2v) is 8.52. The molecule has 0 aliphatic rings. The smallest absolute Gasteiger partial charge is 0.407 e. The number of hydrogen-bond acceptors (Lipinski definition) is 5. The van der Waals surface area contributed by atoms with Crippen LogP contribution in [0.1, 0.15) is 36.8 Å². The summed E-state index contributed by atoms with van der Waals surface area (Å²) in [5.41, 5.74) is 2.53. The van der Waals surface area contributed by atoms with Gasteiger partial charge in [-0.1, -0.05) is 30.3 Å². The van der Waals surface area contributed by atoms with E-state index in [2.05, 4.69) is 20.7 Å². The van der Waals surface area contributed by atoms with Crippen molar-refractivity contribution in [3.05, 3.63) is 72.2 Å². The van der Waals surface area contributed by atoms with E-state index in [1.165, 1.54) is 0 Å². The Morgan fingerprint density at radius 3 is 2.44 bits per heavy atom. The third-order valence-corrected chi connectivity index (χ3v) is 4.66. The molecule has 0 fully saturated rings. The molecule has 0 aliphatic carbocycles. The molecular weight excluding hydrogens is 406 g/mol. The zero-order chi connectivity index (χ0) is 23.1. The highest BCUT2D eigenvalue weighted by atomic mass is 16.6. The molecule has 8 heteroatoms. The molecular formula is C24H29N5O3. The number of alkyl carbamates (subject to hydrolysis) is 1. The van der Waals surface area contributed by atoms with Gasteiger partial charge in [0.25, 0.3) is 5.91 Å². The van der Waals surface area contributed by atoms with Gasteiger partial charge in [-0.2, -0.15) is 5.10 Å². The van der Waals surface area contributed by atoms with E-state index in [1.807, 2.05) is 49.5 Å². The molecule has 0 spiro atoms. The Balaban J connectivity index is 1.68. The van der Waals surface area contributed by atoms with Crippen LogP contribution < -0.4 is 10.6 Å². The number of hydrogen-bond donors (Lipinski definition) is 2. The molecule has 3 rings (SSSR count). The lowest BCUT2D eigenvalue weighted by atomic mass is 10.1. The van der Waals surface area contributed by atoms with Gasteiger partial charge in [0.1, 0.15) is 11.3 Å². The number of benzene rings is 1. The van der Waals surface area contributed by atoms with Crippen LogP contribution >= 0.6 is 0 Å². The number of carbonyl (C=O) groups is 2. The minimum absolute atomic E-state index is 0.225. The van der Waals surface area contributed by atoms with E-state index in [0.29, 0.717) is 12.1 Å². The molecule has 32 heavy (non-hydrogen) atoms. The second kappa shape index (κ2) is 10.1. The monoisotopic (exact) mass is 435 g/mol. The summed E-state index contributed by atoms with van der Waals surface area (Å²) in [4.78, 5) is 29.2. The van der Waals surface area contributed by atoms with Crippen molar-refractivity contribution in [3.8, 4) is 11.3 Å². The zero-order valence-corrected chi connectivity index (χ0v) is 18.8. The first-order valence-electron chi connectivity index (χ1n) is 10.5. The minimum Gasteiger partial charge on any atom is -0.444 e. The quantitative estimate of drug-likeness (QED) is 0.593. The van der Waals surface area contributed by atoms with Gasteiger partial charge in [-0.3, -0.25) is 14.5 Å². The minimum atomic E-state index is -0.595. The van der Waals surface area contributed by atoms with Gasteiger partial charge in [0.2, 0.25) is 0 Å².